The number of aryl methyl sites for hydroxylation is 1. The number of aromatic nitrogens is 3. The van der Waals surface area contributed by atoms with Gasteiger partial charge in [0.25, 0.3) is 11.5 Å². The normalized spacial score (nSPS) is 17.8. The third kappa shape index (κ3) is 2.88. The van der Waals surface area contributed by atoms with E-state index in [0.717, 1.165) is 32.1 Å². The molecule has 2 aliphatic rings. The van der Waals surface area contributed by atoms with Gasteiger partial charge in [-0.15, -0.1) is 0 Å². The summed E-state index contributed by atoms with van der Waals surface area (Å²) in [6.07, 6.45) is 6.08. The highest BCUT2D eigenvalue weighted by molar-refractivity contribution is 5.96. The summed E-state index contributed by atoms with van der Waals surface area (Å²) in [6.45, 7) is 3.58. The number of carbonyl (C=O) groups excluding carboxylic acids is 1. The predicted molar refractivity (Wildman–Crippen MR) is 103 cm³/mol. The Morgan fingerprint density at radius 2 is 1.93 bits per heavy atom. The van der Waals surface area contributed by atoms with E-state index in [1.54, 1.807) is 19.9 Å². The number of nitrogens with two attached hydrogens (primary N) is 1. The fraction of sp³-hybridized carbons (Fsp3) is 0.444. The van der Waals surface area contributed by atoms with E-state index in [2.05, 4.69) is 26.0 Å². The van der Waals surface area contributed by atoms with Crippen molar-refractivity contribution in [3.63, 3.8) is 0 Å². The summed E-state index contributed by atoms with van der Waals surface area (Å²) in [4.78, 5) is 34.0. The molecule has 5 N–H and O–H groups in total. The fourth-order valence-corrected chi connectivity index (χ4v) is 3.85. The first kappa shape index (κ1) is 17.3. The van der Waals surface area contributed by atoms with Gasteiger partial charge in [0.1, 0.15) is 35.0 Å². The highest BCUT2D eigenvalue weighted by Crippen LogP contribution is 2.30. The summed E-state index contributed by atoms with van der Waals surface area (Å²) < 4.78 is 1.38. The Hall–Kier alpha value is -3.10. The number of hydrogen-bond donors (Lipinski definition) is 4. The van der Waals surface area contributed by atoms with Gasteiger partial charge in [-0.2, -0.15) is 0 Å². The monoisotopic (exact) mass is 369 g/mol. The average Bonchev–Trinajstić information content (AvgIpc) is 2.63. The lowest BCUT2D eigenvalue weighted by Gasteiger charge is -2.43. The van der Waals surface area contributed by atoms with Crippen molar-refractivity contribution in [2.24, 2.45) is 0 Å². The molecular formula is C18H23N7O2. The van der Waals surface area contributed by atoms with E-state index < -0.39 is 5.66 Å². The maximum Gasteiger partial charge on any atom is 0.293 e. The zero-order valence-electron chi connectivity index (χ0n) is 15.4. The van der Waals surface area contributed by atoms with Gasteiger partial charge in [0, 0.05) is 5.56 Å². The second-order valence-corrected chi connectivity index (χ2v) is 7.30. The topological polar surface area (TPSA) is 127 Å². The number of rotatable bonds is 2. The minimum atomic E-state index is -0.563. The summed E-state index contributed by atoms with van der Waals surface area (Å²) in [6, 6.07) is 1.66. The van der Waals surface area contributed by atoms with E-state index in [1.165, 1.54) is 11.0 Å². The van der Waals surface area contributed by atoms with Gasteiger partial charge in [-0.25, -0.2) is 14.6 Å². The minimum absolute atomic E-state index is 0.223. The van der Waals surface area contributed by atoms with Gasteiger partial charge in [0.2, 0.25) is 0 Å². The lowest BCUT2D eigenvalue weighted by atomic mass is 9.88. The maximum atomic E-state index is 13.1. The number of fused-ring (bicyclic) bond motifs is 1. The molecule has 0 saturated heterocycles. The average molecular weight is 369 g/mol. The van der Waals surface area contributed by atoms with Crippen molar-refractivity contribution in [2.75, 3.05) is 16.5 Å². The summed E-state index contributed by atoms with van der Waals surface area (Å²) in [5.74, 6) is 0.590. The van der Waals surface area contributed by atoms with Gasteiger partial charge in [0.05, 0.1) is 0 Å². The van der Waals surface area contributed by atoms with Crippen molar-refractivity contribution in [1.29, 1.82) is 0 Å². The van der Waals surface area contributed by atoms with Gasteiger partial charge in [-0.1, -0.05) is 6.42 Å². The van der Waals surface area contributed by atoms with E-state index in [9.17, 15) is 9.59 Å². The van der Waals surface area contributed by atoms with Gasteiger partial charge < -0.3 is 16.4 Å². The largest absolute Gasteiger partial charge is 0.383 e. The van der Waals surface area contributed by atoms with Crippen LogP contribution in [-0.4, -0.2) is 26.2 Å². The van der Waals surface area contributed by atoms with Crippen molar-refractivity contribution >= 4 is 23.2 Å². The van der Waals surface area contributed by atoms with Gasteiger partial charge in [-0.05, 0) is 51.2 Å². The first-order chi connectivity index (χ1) is 12.9. The molecule has 1 amide bonds. The van der Waals surface area contributed by atoms with Crippen LogP contribution in [0.5, 0.6) is 0 Å². The molecule has 1 saturated carbocycles. The van der Waals surface area contributed by atoms with Crippen LogP contribution in [0.25, 0.3) is 0 Å². The molecule has 0 aromatic carbocycles. The lowest BCUT2D eigenvalue weighted by molar-refractivity contribution is 0.0833. The Balaban J connectivity index is 1.78. The van der Waals surface area contributed by atoms with Gasteiger partial charge >= 0.3 is 0 Å². The number of hydrogen-bond acceptors (Lipinski definition) is 7. The molecule has 27 heavy (non-hydrogen) atoms. The molecule has 0 radical (unpaired) electrons. The SMILES string of the molecule is Cc1cc(Nc2ncnc(N)c2C)c(=O)n2c1C(=O)NC1(CCCCC1)N2. The number of pyridine rings is 1. The maximum absolute atomic E-state index is 13.1. The standard InChI is InChI=1S/C18H23N7O2/c1-10-8-12(22-15-11(2)14(19)20-9-21-15)17(27)25-13(10)16(26)23-18(24-25)6-4-3-5-7-18/h8-9,24H,3-7H2,1-2H3,(H,23,26)(H3,19,20,21,22). The predicted octanol–water partition coefficient (Wildman–Crippen LogP) is 1.53. The molecule has 3 heterocycles. The van der Waals surface area contributed by atoms with Crippen molar-refractivity contribution in [3.05, 3.63) is 39.6 Å². The van der Waals surface area contributed by atoms with Crippen LogP contribution in [0.15, 0.2) is 17.2 Å². The van der Waals surface area contributed by atoms with Crippen molar-refractivity contribution in [3.8, 4) is 0 Å². The van der Waals surface area contributed by atoms with E-state index >= 15 is 0 Å². The second kappa shape index (κ2) is 6.26. The molecule has 1 spiro atoms. The van der Waals surface area contributed by atoms with E-state index in [-0.39, 0.29) is 11.5 Å². The zero-order chi connectivity index (χ0) is 19.2. The van der Waals surface area contributed by atoms with E-state index in [0.29, 0.717) is 34.1 Å². The molecule has 1 aliphatic carbocycles. The molecule has 1 fully saturated rings. The van der Waals surface area contributed by atoms with Crippen molar-refractivity contribution < 1.29 is 4.79 Å². The molecule has 1 aliphatic heterocycles. The van der Waals surface area contributed by atoms with Crippen molar-refractivity contribution in [2.45, 2.75) is 51.6 Å². The Morgan fingerprint density at radius 3 is 2.67 bits per heavy atom. The summed E-state index contributed by atoms with van der Waals surface area (Å²) in [7, 11) is 0. The summed E-state index contributed by atoms with van der Waals surface area (Å²) >= 11 is 0. The number of carbonyl (C=O) groups is 1. The highest BCUT2D eigenvalue weighted by atomic mass is 16.2. The third-order valence-corrected chi connectivity index (χ3v) is 5.37. The number of anilines is 3. The molecule has 4 rings (SSSR count). The van der Waals surface area contributed by atoms with Crippen LogP contribution < -0.4 is 27.4 Å². The number of amides is 1. The van der Waals surface area contributed by atoms with Crippen molar-refractivity contribution in [1.82, 2.24) is 20.0 Å². The molecule has 0 bridgehead atoms. The molecule has 2 aromatic rings. The van der Waals surface area contributed by atoms with Crippen LogP contribution in [0.3, 0.4) is 0 Å². The van der Waals surface area contributed by atoms with E-state index in [1.807, 2.05) is 0 Å². The van der Waals surface area contributed by atoms with Crippen LogP contribution in [0, 0.1) is 13.8 Å². The van der Waals surface area contributed by atoms with Crippen LogP contribution in [0.2, 0.25) is 0 Å². The van der Waals surface area contributed by atoms with E-state index in [4.69, 9.17) is 5.73 Å². The molecule has 9 nitrogen and oxygen atoms in total. The first-order valence-electron chi connectivity index (χ1n) is 9.12. The number of nitrogens with zero attached hydrogens (tertiary/aromatic N) is 3. The third-order valence-electron chi connectivity index (χ3n) is 5.37. The molecule has 9 heteroatoms. The Bertz CT molecular complexity index is 976. The first-order valence-corrected chi connectivity index (χ1v) is 9.12. The zero-order valence-corrected chi connectivity index (χ0v) is 15.4. The molecule has 0 unspecified atom stereocenters. The van der Waals surface area contributed by atoms with Crippen LogP contribution in [0.1, 0.15) is 53.7 Å². The summed E-state index contributed by atoms with van der Waals surface area (Å²) in [5.41, 5.74) is 10.2. The van der Waals surface area contributed by atoms with Gasteiger partial charge in [0.15, 0.2) is 0 Å². The lowest BCUT2D eigenvalue weighted by Crippen LogP contribution is -2.64. The molecule has 0 atom stereocenters. The minimum Gasteiger partial charge on any atom is -0.383 e. The van der Waals surface area contributed by atoms with Crippen LogP contribution in [-0.2, 0) is 0 Å². The quantitative estimate of drug-likeness (QED) is 0.632. The number of nitrogen functional groups attached to an aromatic ring is 1. The molecule has 142 valence electrons. The van der Waals surface area contributed by atoms with Gasteiger partial charge in [-0.3, -0.25) is 15.0 Å². The van der Waals surface area contributed by atoms with Crippen LogP contribution in [0.4, 0.5) is 17.3 Å². The Labute approximate surface area is 156 Å². The fourth-order valence-electron chi connectivity index (χ4n) is 3.85. The highest BCUT2D eigenvalue weighted by Gasteiger charge is 2.40. The second-order valence-electron chi connectivity index (χ2n) is 7.30. The smallest absolute Gasteiger partial charge is 0.293 e. The van der Waals surface area contributed by atoms with Crippen LogP contribution >= 0.6 is 0 Å². The number of nitrogens with one attached hydrogen (secondary N) is 3. The summed E-state index contributed by atoms with van der Waals surface area (Å²) in [5, 5.41) is 6.12. The molecule has 2 aromatic heterocycles. The Morgan fingerprint density at radius 1 is 1.19 bits per heavy atom. The Kier molecular flexibility index (Phi) is 4.01. The molecular weight excluding hydrogens is 346 g/mol.